The number of nitrogens with one attached hydrogen (secondary N) is 1. The van der Waals surface area contributed by atoms with Crippen LogP contribution in [0.3, 0.4) is 0 Å². The minimum Gasteiger partial charge on any atom is -0.367 e. The highest BCUT2D eigenvalue weighted by molar-refractivity contribution is 9.11. The van der Waals surface area contributed by atoms with Gasteiger partial charge < -0.3 is 15.6 Å². The fourth-order valence-corrected chi connectivity index (χ4v) is 4.44. The van der Waals surface area contributed by atoms with Gasteiger partial charge in [0.25, 0.3) is 5.91 Å². The van der Waals surface area contributed by atoms with Gasteiger partial charge in [-0.2, -0.15) is 0 Å². The predicted molar refractivity (Wildman–Crippen MR) is 96.9 cm³/mol. The number of carbonyl (C=O) groups excluding carboxylic acids is 1. The van der Waals surface area contributed by atoms with Crippen LogP contribution in [0.2, 0.25) is 0 Å². The molecule has 122 valence electrons. The van der Waals surface area contributed by atoms with Crippen LogP contribution in [0.4, 0.5) is 5.88 Å². The van der Waals surface area contributed by atoms with Crippen LogP contribution in [0.25, 0.3) is 10.6 Å². The van der Waals surface area contributed by atoms with Crippen LogP contribution in [-0.4, -0.2) is 11.1 Å². The molecule has 0 spiro atoms. The molecule has 0 fully saturated rings. The molecule has 2 aromatic heterocycles. The summed E-state index contributed by atoms with van der Waals surface area (Å²) in [6.45, 7) is 0. The van der Waals surface area contributed by atoms with Gasteiger partial charge in [0.1, 0.15) is 11.3 Å². The highest BCUT2D eigenvalue weighted by Crippen LogP contribution is 2.36. The zero-order valence-electron chi connectivity index (χ0n) is 12.6. The van der Waals surface area contributed by atoms with Gasteiger partial charge >= 0.3 is 0 Å². The number of hydrogen-bond acceptors (Lipinski definition) is 5. The number of thiophene rings is 1. The summed E-state index contributed by atoms with van der Waals surface area (Å²) in [4.78, 5) is 13.6. The van der Waals surface area contributed by atoms with E-state index in [0.29, 0.717) is 11.3 Å². The van der Waals surface area contributed by atoms with E-state index in [4.69, 9.17) is 10.3 Å². The van der Waals surface area contributed by atoms with Crippen molar-refractivity contribution >= 4 is 39.1 Å². The summed E-state index contributed by atoms with van der Waals surface area (Å²) in [5.74, 6) is -0.215. The molecule has 3 N–H and O–H groups in total. The molecule has 1 amide bonds. The van der Waals surface area contributed by atoms with E-state index >= 15 is 0 Å². The van der Waals surface area contributed by atoms with Crippen molar-refractivity contribution in [2.75, 3.05) is 5.73 Å². The molecule has 2 heterocycles. The molecule has 0 saturated heterocycles. The Morgan fingerprint density at radius 1 is 1.33 bits per heavy atom. The van der Waals surface area contributed by atoms with E-state index in [0.717, 1.165) is 21.5 Å². The number of nitrogens with two attached hydrogens (primary N) is 1. The van der Waals surface area contributed by atoms with E-state index in [1.807, 2.05) is 24.3 Å². The summed E-state index contributed by atoms with van der Waals surface area (Å²) < 4.78 is 6.03. The van der Waals surface area contributed by atoms with Crippen molar-refractivity contribution in [1.82, 2.24) is 10.5 Å². The molecule has 5 nitrogen and oxygen atoms in total. The SMILES string of the molecule is Nc1onc(-c2ccc(Br)s2)c1C(=O)NC1CCc2ccccc21. The van der Waals surface area contributed by atoms with Crippen molar-refractivity contribution in [1.29, 1.82) is 0 Å². The minimum absolute atomic E-state index is 0.00841. The summed E-state index contributed by atoms with van der Waals surface area (Å²) in [6.07, 6.45) is 1.85. The van der Waals surface area contributed by atoms with Crippen molar-refractivity contribution in [2.24, 2.45) is 0 Å². The third-order valence-electron chi connectivity index (χ3n) is 4.19. The molecule has 24 heavy (non-hydrogen) atoms. The van der Waals surface area contributed by atoms with Gasteiger partial charge in [0, 0.05) is 0 Å². The number of anilines is 1. The largest absolute Gasteiger partial charge is 0.367 e. The van der Waals surface area contributed by atoms with Crippen LogP contribution in [0.1, 0.15) is 33.9 Å². The highest BCUT2D eigenvalue weighted by Gasteiger charge is 2.28. The standard InChI is InChI=1S/C17H14BrN3O2S/c18-13-8-7-12(24-13)15-14(16(19)23-21-15)17(22)20-11-6-5-9-3-1-2-4-10(9)11/h1-4,7-8,11H,5-6,19H2,(H,20,22). The number of rotatable bonds is 3. The summed E-state index contributed by atoms with van der Waals surface area (Å²) in [6, 6.07) is 11.9. The Morgan fingerprint density at radius 3 is 2.96 bits per heavy atom. The lowest BCUT2D eigenvalue weighted by atomic mass is 10.1. The quantitative estimate of drug-likeness (QED) is 0.687. The zero-order valence-corrected chi connectivity index (χ0v) is 15.0. The molecule has 0 bridgehead atoms. The number of halogens is 1. The van der Waals surface area contributed by atoms with E-state index in [1.165, 1.54) is 22.5 Å². The Bertz CT molecular complexity index is 918. The lowest BCUT2D eigenvalue weighted by Gasteiger charge is -2.14. The Hall–Kier alpha value is -2.12. The molecule has 0 saturated carbocycles. The van der Waals surface area contributed by atoms with E-state index in [-0.39, 0.29) is 17.8 Å². The molecule has 0 radical (unpaired) electrons. The van der Waals surface area contributed by atoms with Gasteiger partial charge in [-0.1, -0.05) is 29.4 Å². The maximum absolute atomic E-state index is 12.8. The van der Waals surface area contributed by atoms with Crippen molar-refractivity contribution in [3.05, 3.63) is 56.9 Å². The second-order valence-corrected chi connectivity index (χ2v) is 8.10. The second kappa shape index (κ2) is 6.07. The number of aromatic nitrogens is 1. The Labute approximate surface area is 151 Å². The van der Waals surface area contributed by atoms with Gasteiger partial charge in [0.2, 0.25) is 5.88 Å². The van der Waals surface area contributed by atoms with Gasteiger partial charge in [0.05, 0.1) is 14.7 Å². The first-order chi connectivity index (χ1) is 11.6. The molecule has 4 rings (SSSR count). The first-order valence-corrected chi connectivity index (χ1v) is 9.14. The zero-order chi connectivity index (χ0) is 16.7. The van der Waals surface area contributed by atoms with Gasteiger partial charge in [-0.05, 0) is 52.0 Å². The second-order valence-electron chi connectivity index (χ2n) is 5.64. The smallest absolute Gasteiger partial charge is 0.259 e. The van der Waals surface area contributed by atoms with Crippen molar-refractivity contribution < 1.29 is 9.32 Å². The van der Waals surface area contributed by atoms with Crippen molar-refractivity contribution in [3.8, 4) is 10.6 Å². The number of carbonyl (C=O) groups is 1. The van der Waals surface area contributed by atoms with Crippen LogP contribution >= 0.6 is 27.3 Å². The third kappa shape index (κ3) is 2.63. The molecule has 3 aromatic rings. The Kier molecular flexibility index (Phi) is 3.90. The van der Waals surface area contributed by atoms with E-state index in [2.05, 4.69) is 38.5 Å². The number of amides is 1. The van der Waals surface area contributed by atoms with Gasteiger partial charge in [-0.15, -0.1) is 11.3 Å². The first-order valence-electron chi connectivity index (χ1n) is 7.53. The summed E-state index contributed by atoms with van der Waals surface area (Å²) >= 11 is 4.89. The lowest BCUT2D eigenvalue weighted by molar-refractivity contribution is 0.0938. The number of nitrogen functional groups attached to an aromatic ring is 1. The topological polar surface area (TPSA) is 81.2 Å². The fraction of sp³-hybridized carbons (Fsp3) is 0.176. The molecule has 1 unspecified atom stereocenters. The Balaban J connectivity index is 1.63. The number of fused-ring (bicyclic) bond motifs is 1. The van der Waals surface area contributed by atoms with E-state index < -0.39 is 0 Å². The minimum atomic E-state index is -0.255. The van der Waals surface area contributed by atoms with Gasteiger partial charge in [0.15, 0.2) is 0 Å². The fourth-order valence-electron chi connectivity index (χ4n) is 3.07. The van der Waals surface area contributed by atoms with Crippen molar-refractivity contribution in [2.45, 2.75) is 18.9 Å². The molecule has 1 atom stereocenters. The van der Waals surface area contributed by atoms with Crippen LogP contribution in [-0.2, 0) is 6.42 Å². The third-order valence-corrected chi connectivity index (χ3v) is 5.82. The first kappa shape index (κ1) is 15.4. The molecular weight excluding hydrogens is 390 g/mol. The van der Waals surface area contributed by atoms with Gasteiger partial charge in [-0.3, -0.25) is 4.79 Å². The molecule has 1 aliphatic rings. The molecule has 1 aromatic carbocycles. The van der Waals surface area contributed by atoms with E-state index in [1.54, 1.807) is 0 Å². The number of hydrogen-bond donors (Lipinski definition) is 2. The normalized spacial score (nSPS) is 16.1. The predicted octanol–water partition coefficient (Wildman–Crippen LogP) is 4.17. The highest BCUT2D eigenvalue weighted by atomic mass is 79.9. The Morgan fingerprint density at radius 2 is 2.17 bits per heavy atom. The molecule has 0 aliphatic heterocycles. The van der Waals surface area contributed by atoms with Crippen LogP contribution < -0.4 is 11.1 Å². The summed E-state index contributed by atoms with van der Waals surface area (Å²) in [7, 11) is 0. The maximum Gasteiger partial charge on any atom is 0.259 e. The summed E-state index contributed by atoms with van der Waals surface area (Å²) in [5, 5.41) is 7.04. The van der Waals surface area contributed by atoms with E-state index in [9.17, 15) is 4.79 Å². The molecular formula is C17H14BrN3O2S. The number of benzene rings is 1. The lowest BCUT2D eigenvalue weighted by Crippen LogP contribution is -2.27. The molecule has 7 heteroatoms. The van der Waals surface area contributed by atoms with Gasteiger partial charge in [-0.25, -0.2) is 0 Å². The maximum atomic E-state index is 12.8. The number of nitrogens with zero attached hydrogens (tertiary/aromatic N) is 1. The average Bonchev–Trinajstić information content (AvgIpc) is 3.27. The average molecular weight is 404 g/mol. The summed E-state index contributed by atoms with van der Waals surface area (Å²) in [5.41, 5.74) is 9.09. The monoisotopic (exact) mass is 403 g/mol. The van der Waals surface area contributed by atoms with Crippen LogP contribution in [0, 0.1) is 0 Å². The number of aryl methyl sites for hydroxylation is 1. The van der Waals surface area contributed by atoms with Crippen LogP contribution in [0.5, 0.6) is 0 Å². The van der Waals surface area contributed by atoms with Crippen LogP contribution in [0.15, 0.2) is 44.7 Å². The van der Waals surface area contributed by atoms with Crippen molar-refractivity contribution in [3.63, 3.8) is 0 Å². The molecule has 1 aliphatic carbocycles.